The van der Waals surface area contributed by atoms with Gasteiger partial charge in [-0.2, -0.15) is 0 Å². The first kappa shape index (κ1) is 6.70. The maximum atomic E-state index is 10.4. The van der Waals surface area contributed by atoms with Gasteiger partial charge in [-0.25, -0.2) is 0 Å². The van der Waals surface area contributed by atoms with Gasteiger partial charge in [0.15, 0.2) is 11.5 Å². The number of hydrogen-bond donors (Lipinski definition) is 1. The standard InChI is InChI=1S/C20H31NO4/c1-23-19-8-7-15(13-20(19)24-2)10-12-25-18-6-4-3-5-17(18)21-11-9-16(22)14-21/h7-8,13,16-18,22H,3-6,9-12,14H2,1-2H3/t16-,17-,18-/m1/s1/i1D3,2D3,9D2,10D2,11D2,12D2,14D2,16D. The molecule has 5 nitrogen and oxygen atoms in total. The Morgan fingerprint density at radius 1 is 1.32 bits per heavy atom. The number of benzene rings is 1. The second-order valence-electron chi connectivity index (χ2n) is 5.67. The van der Waals surface area contributed by atoms with E-state index in [1.165, 1.54) is 0 Å². The van der Waals surface area contributed by atoms with Gasteiger partial charge in [0.05, 0.1) is 45.2 Å². The van der Waals surface area contributed by atoms with Crippen molar-refractivity contribution in [2.24, 2.45) is 0 Å². The van der Waals surface area contributed by atoms with Crippen molar-refractivity contribution in [3.8, 4) is 11.5 Å². The van der Waals surface area contributed by atoms with Gasteiger partial charge < -0.3 is 19.3 Å². The molecule has 1 aromatic rings. The lowest BCUT2D eigenvalue weighted by Crippen LogP contribution is -2.46. The summed E-state index contributed by atoms with van der Waals surface area (Å²) in [6.07, 6.45) is -11.0. The van der Waals surface area contributed by atoms with Crippen LogP contribution in [0.3, 0.4) is 0 Å². The van der Waals surface area contributed by atoms with Gasteiger partial charge in [-0.1, -0.05) is 18.9 Å². The number of hydrogen-bond acceptors (Lipinski definition) is 5. The molecule has 1 N–H and O–H groups in total. The Labute approximate surface area is 174 Å². The summed E-state index contributed by atoms with van der Waals surface area (Å²) in [4.78, 5) is 0.325. The highest BCUT2D eigenvalue weighted by molar-refractivity contribution is 5.42. The van der Waals surface area contributed by atoms with E-state index >= 15 is 0 Å². The van der Waals surface area contributed by atoms with Crippen LogP contribution >= 0.6 is 0 Å². The van der Waals surface area contributed by atoms with Crippen molar-refractivity contribution in [1.82, 2.24) is 4.90 Å². The first-order valence-electron chi connectivity index (χ1n) is 16.3. The molecule has 1 heterocycles. The molecule has 0 spiro atoms. The Balaban J connectivity index is 2.01. The highest BCUT2D eigenvalue weighted by Gasteiger charge is 2.34. The zero-order chi connectivity index (χ0) is 32.5. The van der Waals surface area contributed by atoms with E-state index in [-0.39, 0.29) is 12.8 Å². The normalized spacial score (nSPS) is 48.6. The monoisotopic (exact) mass is 366 g/mol. The van der Waals surface area contributed by atoms with Gasteiger partial charge in [-0.15, -0.1) is 0 Å². The molecule has 1 aliphatic carbocycles. The van der Waals surface area contributed by atoms with E-state index in [0.717, 1.165) is 18.2 Å². The Kier molecular flexibility index (Phi) is 2.38. The number of methoxy groups -OCH3 is 2. The van der Waals surface area contributed by atoms with Crippen LogP contribution in [0.1, 0.15) is 60.9 Å². The molecule has 1 aromatic carbocycles. The second kappa shape index (κ2) is 8.88. The summed E-state index contributed by atoms with van der Waals surface area (Å²) in [7, 11) is -6.16. The second-order valence-corrected chi connectivity index (χ2v) is 5.67. The average molecular weight is 367 g/mol. The fraction of sp³-hybridized carbons (Fsp3) is 0.700. The molecule has 3 rings (SSSR count). The van der Waals surface area contributed by atoms with Crippen molar-refractivity contribution in [3.05, 3.63) is 23.8 Å². The lowest BCUT2D eigenvalue weighted by Gasteiger charge is -2.37. The molecule has 0 amide bonds. The number of aliphatic hydroxyl groups is 1. The fourth-order valence-corrected chi connectivity index (χ4v) is 2.87. The molecule has 140 valence electrons. The predicted octanol–water partition coefficient (Wildman–Crippen LogP) is 2.64. The minimum Gasteiger partial charge on any atom is -0.493 e. The zero-order valence-corrected chi connectivity index (χ0v) is 13.3. The van der Waals surface area contributed by atoms with E-state index in [9.17, 15) is 5.11 Å². The minimum atomic E-state index is -3.57. The van der Waals surface area contributed by atoms with Crippen molar-refractivity contribution < 1.29 is 42.6 Å². The molecular formula is C20H31NO4. The van der Waals surface area contributed by atoms with E-state index in [1.54, 1.807) is 0 Å². The number of β-amino-alcohol motifs (C(OH)–C–C–N with tert-alkyl or cyclic N) is 1. The topological polar surface area (TPSA) is 51.2 Å². The predicted molar refractivity (Wildman–Crippen MR) is 97.4 cm³/mol. The highest BCUT2D eigenvalue weighted by atomic mass is 16.5. The summed E-state index contributed by atoms with van der Waals surface area (Å²) < 4.78 is 150. The van der Waals surface area contributed by atoms with Gasteiger partial charge in [0.25, 0.3) is 0 Å². The van der Waals surface area contributed by atoms with E-state index in [1.807, 2.05) is 0 Å². The molecule has 2 aliphatic rings. The first-order chi connectivity index (χ1) is 18.6. The summed E-state index contributed by atoms with van der Waals surface area (Å²) in [5.41, 5.74) is -0.555. The first-order valence-corrected chi connectivity index (χ1v) is 7.82. The van der Waals surface area contributed by atoms with Gasteiger partial charge in [-0.3, -0.25) is 4.90 Å². The van der Waals surface area contributed by atoms with Crippen LogP contribution in [-0.4, -0.2) is 61.9 Å². The van der Waals surface area contributed by atoms with Crippen molar-refractivity contribution >= 4 is 0 Å². The van der Waals surface area contributed by atoms with Gasteiger partial charge >= 0.3 is 0 Å². The Hall–Kier alpha value is -1.30. The molecule has 0 radical (unpaired) electrons. The van der Waals surface area contributed by atoms with Crippen LogP contribution in [0.5, 0.6) is 11.5 Å². The van der Waals surface area contributed by atoms with E-state index < -0.39 is 81.7 Å². The number of aryl methyl sites for hydroxylation is 1. The van der Waals surface area contributed by atoms with Crippen LogP contribution in [0.25, 0.3) is 0 Å². The van der Waals surface area contributed by atoms with Crippen LogP contribution in [0.4, 0.5) is 0 Å². The molecule has 1 aliphatic heterocycles. The summed E-state index contributed by atoms with van der Waals surface area (Å²) in [5.74, 6) is -1.32. The van der Waals surface area contributed by atoms with Crippen LogP contribution in [0.15, 0.2) is 18.2 Å². The molecule has 0 bridgehead atoms. The van der Waals surface area contributed by atoms with E-state index in [0.29, 0.717) is 17.7 Å². The van der Waals surface area contributed by atoms with Gasteiger partial charge in [-0.05, 0) is 43.3 Å². The maximum Gasteiger partial charge on any atom is 0.160 e. The zero-order valence-electron chi connectivity index (χ0n) is 30.3. The van der Waals surface area contributed by atoms with Gasteiger partial charge in [0.1, 0.15) is 0 Å². The SMILES string of the molecule is [2H]C([2H])([2H])Oc1ccc(C([2H])([2H])C([2H])([2H])O[C@@H]2CCCC[C@H]2N2C([2H])([2H])C([2H])([2H])[C@@]([2H])(O)C2([2H])[2H])cc1OC([2H])([2H])[2H]. The highest BCUT2D eigenvalue weighted by Crippen LogP contribution is 2.30. The molecule has 25 heavy (non-hydrogen) atoms. The number of ether oxygens (including phenoxy) is 3. The van der Waals surface area contributed by atoms with Gasteiger partial charge in [0, 0.05) is 30.0 Å². The van der Waals surface area contributed by atoms with Crippen molar-refractivity contribution in [3.63, 3.8) is 0 Å². The number of rotatable bonds is 7. The largest absolute Gasteiger partial charge is 0.493 e. The summed E-state index contributed by atoms with van der Waals surface area (Å²) in [6.45, 7) is -9.86. The third kappa shape index (κ3) is 4.66. The number of nitrogens with zero attached hydrogens (tertiary/aromatic N) is 1. The molecule has 1 saturated carbocycles. The van der Waals surface area contributed by atoms with Crippen LogP contribution in [-0.2, 0) is 11.1 Å². The smallest absolute Gasteiger partial charge is 0.160 e. The number of likely N-dealkylation sites (tertiary alicyclic amines) is 1. The maximum absolute atomic E-state index is 10.4. The third-order valence-electron chi connectivity index (χ3n) is 4.09. The Morgan fingerprint density at radius 3 is 2.96 bits per heavy atom. The molecule has 2 fully saturated rings. The molecule has 0 aromatic heterocycles. The van der Waals surface area contributed by atoms with Crippen LogP contribution in [0, 0.1) is 0 Å². The lowest BCUT2D eigenvalue weighted by molar-refractivity contribution is -0.0316. The summed E-state index contributed by atoms with van der Waals surface area (Å²) in [5, 5.41) is 10.4. The van der Waals surface area contributed by atoms with Crippen molar-refractivity contribution in [2.45, 2.75) is 56.7 Å². The molecule has 0 unspecified atom stereocenters. The van der Waals surface area contributed by atoms with Crippen LogP contribution in [0.2, 0.25) is 0 Å². The minimum absolute atomic E-state index is 0.0406. The molecule has 5 heteroatoms. The third-order valence-corrected chi connectivity index (χ3v) is 4.09. The Bertz CT molecular complexity index is 1120. The molecular weight excluding hydrogens is 318 g/mol. The van der Waals surface area contributed by atoms with Crippen molar-refractivity contribution in [1.29, 1.82) is 0 Å². The van der Waals surface area contributed by atoms with Crippen molar-refractivity contribution in [2.75, 3.05) is 33.6 Å². The fourth-order valence-electron chi connectivity index (χ4n) is 2.87. The molecule has 3 atom stereocenters. The summed E-state index contributed by atoms with van der Waals surface area (Å²) in [6, 6.07) is 1.11. The van der Waals surface area contributed by atoms with Gasteiger partial charge in [0.2, 0.25) is 0 Å². The quantitative estimate of drug-likeness (QED) is 0.804. The van der Waals surface area contributed by atoms with E-state index in [2.05, 4.69) is 0 Å². The lowest BCUT2D eigenvalue weighted by atomic mass is 9.91. The molecule has 1 saturated heterocycles. The van der Waals surface area contributed by atoms with Crippen LogP contribution < -0.4 is 9.47 Å². The van der Waals surface area contributed by atoms with E-state index in [4.69, 9.17) is 37.5 Å². The summed E-state index contributed by atoms with van der Waals surface area (Å²) >= 11 is 0. The average Bonchev–Trinajstić information content (AvgIpc) is 2.85. The Morgan fingerprint density at radius 2 is 2.16 bits per heavy atom.